The van der Waals surface area contributed by atoms with Crippen molar-refractivity contribution in [1.29, 1.82) is 0 Å². The van der Waals surface area contributed by atoms with Crippen molar-refractivity contribution in [2.45, 2.75) is 44.7 Å². The molecule has 0 unspecified atom stereocenters. The number of hydrogen-bond acceptors (Lipinski definition) is 2. The molecule has 1 amide bonds. The van der Waals surface area contributed by atoms with E-state index in [9.17, 15) is 4.79 Å². The van der Waals surface area contributed by atoms with Crippen molar-refractivity contribution in [3.8, 4) is 0 Å². The number of hydrogen-bond donors (Lipinski definition) is 0. The van der Waals surface area contributed by atoms with Gasteiger partial charge in [-0.25, -0.2) is 0 Å². The molecule has 3 heteroatoms. The molecule has 1 heterocycles. The van der Waals surface area contributed by atoms with Crippen LogP contribution < -0.4 is 0 Å². The lowest BCUT2D eigenvalue weighted by atomic mass is 9.93. The summed E-state index contributed by atoms with van der Waals surface area (Å²) in [5, 5.41) is 0. The molecule has 1 aromatic carbocycles. The summed E-state index contributed by atoms with van der Waals surface area (Å²) in [4.78, 5) is 14.8. The maximum Gasteiger partial charge on any atom is 0.257 e. The molecule has 0 bridgehead atoms. The van der Waals surface area contributed by atoms with Crippen LogP contribution in [0.3, 0.4) is 0 Å². The molecule has 3 nitrogen and oxygen atoms in total. The fourth-order valence-corrected chi connectivity index (χ4v) is 3.09. The monoisotopic (exact) mass is 283 g/mol. The van der Waals surface area contributed by atoms with Gasteiger partial charge in [-0.2, -0.15) is 0 Å². The SMILES string of the molecule is O=C(c1ccoc1)N(Cc1ccccc1)C1CCCCC1. The minimum atomic E-state index is 0.0829. The van der Waals surface area contributed by atoms with Crippen LogP contribution in [-0.2, 0) is 6.54 Å². The second-order valence-corrected chi connectivity index (χ2v) is 5.72. The number of carbonyl (C=O) groups excluding carboxylic acids is 1. The first-order valence-corrected chi connectivity index (χ1v) is 7.71. The van der Waals surface area contributed by atoms with Gasteiger partial charge in [0.25, 0.3) is 5.91 Å². The van der Waals surface area contributed by atoms with Crippen molar-refractivity contribution in [2.75, 3.05) is 0 Å². The predicted molar refractivity (Wildman–Crippen MR) is 81.9 cm³/mol. The van der Waals surface area contributed by atoms with Gasteiger partial charge in [0.2, 0.25) is 0 Å². The number of nitrogens with zero attached hydrogens (tertiary/aromatic N) is 1. The molecule has 1 aliphatic carbocycles. The van der Waals surface area contributed by atoms with Gasteiger partial charge in [0.1, 0.15) is 6.26 Å². The molecule has 0 saturated heterocycles. The lowest BCUT2D eigenvalue weighted by Gasteiger charge is -2.34. The summed E-state index contributed by atoms with van der Waals surface area (Å²) in [6.07, 6.45) is 9.05. The van der Waals surface area contributed by atoms with Gasteiger partial charge in [0.15, 0.2) is 0 Å². The Bertz CT molecular complexity index is 556. The normalized spacial score (nSPS) is 15.8. The summed E-state index contributed by atoms with van der Waals surface area (Å²) in [6.45, 7) is 0.676. The summed E-state index contributed by atoms with van der Waals surface area (Å²) in [5.74, 6) is 0.0829. The van der Waals surface area contributed by atoms with Crippen molar-refractivity contribution < 1.29 is 9.21 Å². The summed E-state index contributed by atoms with van der Waals surface area (Å²) in [5.41, 5.74) is 1.83. The van der Waals surface area contributed by atoms with E-state index in [1.165, 1.54) is 24.8 Å². The van der Waals surface area contributed by atoms with E-state index in [0.29, 0.717) is 18.2 Å². The third-order valence-electron chi connectivity index (χ3n) is 4.24. The standard InChI is InChI=1S/C18H21NO2/c20-18(16-11-12-21-14-16)19(17-9-5-2-6-10-17)13-15-7-3-1-4-8-15/h1,3-4,7-8,11-12,14,17H,2,5-6,9-10,13H2. The van der Waals surface area contributed by atoms with Crippen LogP contribution in [-0.4, -0.2) is 16.8 Å². The highest BCUT2D eigenvalue weighted by Gasteiger charge is 2.26. The molecule has 0 atom stereocenters. The lowest BCUT2D eigenvalue weighted by molar-refractivity contribution is 0.0613. The Morgan fingerprint density at radius 1 is 1.10 bits per heavy atom. The molecule has 1 fully saturated rings. The molecule has 0 radical (unpaired) electrons. The van der Waals surface area contributed by atoms with Crippen LogP contribution in [0.4, 0.5) is 0 Å². The van der Waals surface area contributed by atoms with Crippen LogP contribution >= 0.6 is 0 Å². The van der Waals surface area contributed by atoms with E-state index in [2.05, 4.69) is 12.1 Å². The summed E-state index contributed by atoms with van der Waals surface area (Å²) in [7, 11) is 0. The molecule has 0 N–H and O–H groups in total. The summed E-state index contributed by atoms with van der Waals surface area (Å²) in [6, 6.07) is 12.3. The van der Waals surface area contributed by atoms with Crippen LogP contribution in [0.1, 0.15) is 48.0 Å². The Balaban J connectivity index is 1.81. The fraction of sp³-hybridized carbons (Fsp3) is 0.389. The second kappa shape index (κ2) is 6.61. The van der Waals surface area contributed by atoms with E-state index in [1.54, 1.807) is 18.6 Å². The van der Waals surface area contributed by atoms with E-state index in [1.807, 2.05) is 23.1 Å². The third kappa shape index (κ3) is 3.35. The van der Waals surface area contributed by atoms with E-state index in [0.717, 1.165) is 12.8 Å². The largest absolute Gasteiger partial charge is 0.472 e. The van der Waals surface area contributed by atoms with Gasteiger partial charge in [-0.15, -0.1) is 0 Å². The van der Waals surface area contributed by atoms with Crippen LogP contribution in [0, 0.1) is 0 Å². The van der Waals surface area contributed by atoms with Crippen LogP contribution in [0.5, 0.6) is 0 Å². The van der Waals surface area contributed by atoms with Gasteiger partial charge < -0.3 is 9.32 Å². The van der Waals surface area contributed by atoms with Gasteiger partial charge in [0, 0.05) is 12.6 Å². The number of rotatable bonds is 4. The average Bonchev–Trinajstić information content (AvgIpc) is 3.08. The predicted octanol–water partition coefficient (Wildman–Crippen LogP) is 4.25. The first-order chi connectivity index (χ1) is 10.3. The van der Waals surface area contributed by atoms with Crippen LogP contribution in [0.15, 0.2) is 53.3 Å². The molecule has 0 aliphatic heterocycles. The highest BCUT2D eigenvalue weighted by Crippen LogP contribution is 2.25. The smallest absolute Gasteiger partial charge is 0.257 e. The number of furan rings is 1. The van der Waals surface area contributed by atoms with Crippen LogP contribution in [0.25, 0.3) is 0 Å². The molecule has 1 aromatic heterocycles. The third-order valence-corrected chi connectivity index (χ3v) is 4.24. The van der Waals surface area contributed by atoms with E-state index < -0.39 is 0 Å². The van der Waals surface area contributed by atoms with E-state index >= 15 is 0 Å². The topological polar surface area (TPSA) is 33.5 Å². The second-order valence-electron chi connectivity index (χ2n) is 5.72. The molecule has 1 saturated carbocycles. The Labute approximate surface area is 125 Å². The van der Waals surface area contributed by atoms with Gasteiger partial charge in [-0.1, -0.05) is 49.6 Å². The van der Waals surface area contributed by atoms with Gasteiger partial charge in [-0.3, -0.25) is 4.79 Å². The molecule has 110 valence electrons. The summed E-state index contributed by atoms with van der Waals surface area (Å²) >= 11 is 0. The van der Waals surface area contributed by atoms with Gasteiger partial charge in [-0.05, 0) is 24.5 Å². The minimum absolute atomic E-state index is 0.0829. The fourth-order valence-electron chi connectivity index (χ4n) is 3.09. The van der Waals surface area contributed by atoms with E-state index in [-0.39, 0.29) is 5.91 Å². The quantitative estimate of drug-likeness (QED) is 0.840. The maximum absolute atomic E-state index is 12.8. The van der Waals surface area contributed by atoms with Gasteiger partial charge in [0.05, 0.1) is 11.8 Å². The molecule has 1 aliphatic rings. The van der Waals surface area contributed by atoms with Gasteiger partial charge >= 0.3 is 0 Å². The highest BCUT2D eigenvalue weighted by atomic mass is 16.3. The molecule has 0 spiro atoms. The Morgan fingerprint density at radius 2 is 1.86 bits per heavy atom. The summed E-state index contributed by atoms with van der Waals surface area (Å²) < 4.78 is 5.08. The van der Waals surface area contributed by atoms with Crippen LogP contribution in [0.2, 0.25) is 0 Å². The zero-order chi connectivity index (χ0) is 14.5. The molecule has 21 heavy (non-hydrogen) atoms. The minimum Gasteiger partial charge on any atom is -0.472 e. The Morgan fingerprint density at radius 3 is 2.52 bits per heavy atom. The highest BCUT2D eigenvalue weighted by molar-refractivity contribution is 5.94. The van der Waals surface area contributed by atoms with Crippen molar-refractivity contribution in [3.63, 3.8) is 0 Å². The van der Waals surface area contributed by atoms with Crippen molar-refractivity contribution >= 4 is 5.91 Å². The molecular formula is C18H21NO2. The zero-order valence-corrected chi connectivity index (χ0v) is 12.2. The lowest BCUT2D eigenvalue weighted by Crippen LogP contribution is -2.40. The maximum atomic E-state index is 12.8. The first-order valence-electron chi connectivity index (χ1n) is 7.71. The number of amides is 1. The van der Waals surface area contributed by atoms with Crippen molar-refractivity contribution in [3.05, 3.63) is 60.1 Å². The number of carbonyl (C=O) groups is 1. The Kier molecular flexibility index (Phi) is 4.39. The molecular weight excluding hydrogens is 262 g/mol. The molecule has 3 rings (SSSR count). The number of benzene rings is 1. The van der Waals surface area contributed by atoms with E-state index in [4.69, 9.17) is 4.42 Å². The van der Waals surface area contributed by atoms with Crippen molar-refractivity contribution in [1.82, 2.24) is 4.90 Å². The molecule has 2 aromatic rings. The Hall–Kier alpha value is -2.03. The zero-order valence-electron chi connectivity index (χ0n) is 12.2. The van der Waals surface area contributed by atoms with Crippen molar-refractivity contribution in [2.24, 2.45) is 0 Å². The first kappa shape index (κ1) is 13.9. The average molecular weight is 283 g/mol.